The lowest BCUT2D eigenvalue weighted by atomic mass is 9.99. The predicted octanol–water partition coefficient (Wildman–Crippen LogP) is 3.18. The third-order valence-corrected chi connectivity index (χ3v) is 5.83. The summed E-state index contributed by atoms with van der Waals surface area (Å²) < 4.78 is 27.1. The van der Waals surface area contributed by atoms with E-state index in [9.17, 15) is 13.2 Å². The largest absolute Gasteiger partial charge is 0.352 e. The Morgan fingerprint density at radius 2 is 1.69 bits per heavy atom. The minimum atomic E-state index is -3.60. The molecule has 0 aliphatic carbocycles. The average molecular weight is 375 g/mol. The van der Waals surface area contributed by atoms with Crippen molar-refractivity contribution in [2.45, 2.75) is 44.0 Å². The third-order valence-electron chi connectivity index (χ3n) is 4.35. The van der Waals surface area contributed by atoms with E-state index in [1.165, 1.54) is 0 Å². The van der Waals surface area contributed by atoms with Crippen LogP contribution in [0.15, 0.2) is 59.5 Å². The fraction of sp³-hybridized carbons (Fsp3) is 0.350. The molecule has 0 aliphatic heterocycles. The maximum Gasteiger partial charge on any atom is 0.240 e. The minimum Gasteiger partial charge on any atom is -0.352 e. The van der Waals surface area contributed by atoms with Crippen LogP contribution in [0.2, 0.25) is 0 Å². The van der Waals surface area contributed by atoms with Gasteiger partial charge in [0.15, 0.2) is 0 Å². The van der Waals surface area contributed by atoms with Crippen LogP contribution in [0.4, 0.5) is 0 Å². The van der Waals surface area contributed by atoms with Crippen LogP contribution < -0.4 is 10.0 Å². The number of carbonyl (C=O) groups is 1. The summed E-state index contributed by atoms with van der Waals surface area (Å²) in [5, 5.41) is 2.78. The highest BCUT2D eigenvalue weighted by molar-refractivity contribution is 7.89. The molecule has 1 atom stereocenters. The highest BCUT2D eigenvalue weighted by Crippen LogP contribution is 2.20. The van der Waals surface area contributed by atoms with Gasteiger partial charge in [-0.2, -0.15) is 0 Å². The van der Waals surface area contributed by atoms with Gasteiger partial charge in [0.25, 0.3) is 0 Å². The Morgan fingerprint density at radius 3 is 2.31 bits per heavy atom. The second kappa shape index (κ2) is 9.50. The quantitative estimate of drug-likeness (QED) is 0.708. The van der Waals surface area contributed by atoms with E-state index >= 15 is 0 Å². The second-order valence-corrected chi connectivity index (χ2v) is 8.06. The highest BCUT2D eigenvalue weighted by atomic mass is 32.2. The summed E-state index contributed by atoms with van der Waals surface area (Å²) in [4.78, 5) is 12.1. The molecule has 1 unspecified atom stereocenters. The summed E-state index contributed by atoms with van der Waals surface area (Å²) in [6.45, 7) is 4.70. The van der Waals surface area contributed by atoms with E-state index in [1.54, 1.807) is 12.1 Å². The number of sulfonamides is 1. The van der Waals surface area contributed by atoms with Gasteiger partial charge in [-0.3, -0.25) is 4.79 Å². The number of nitrogens with one attached hydrogen (secondary N) is 2. The van der Waals surface area contributed by atoms with Crippen molar-refractivity contribution < 1.29 is 13.2 Å². The lowest BCUT2D eigenvalue weighted by molar-refractivity contribution is -0.121. The molecule has 0 bridgehead atoms. The van der Waals surface area contributed by atoms with Crippen molar-refractivity contribution in [1.82, 2.24) is 10.0 Å². The van der Waals surface area contributed by atoms with Crippen molar-refractivity contribution >= 4 is 15.9 Å². The van der Waals surface area contributed by atoms with Gasteiger partial charge < -0.3 is 5.32 Å². The van der Waals surface area contributed by atoms with Gasteiger partial charge in [0.1, 0.15) is 0 Å². The van der Waals surface area contributed by atoms with E-state index in [0.717, 1.165) is 17.5 Å². The van der Waals surface area contributed by atoms with Crippen LogP contribution in [0.1, 0.15) is 43.7 Å². The van der Waals surface area contributed by atoms with Crippen molar-refractivity contribution in [2.24, 2.45) is 0 Å². The molecule has 0 radical (unpaired) electrons. The van der Waals surface area contributed by atoms with Gasteiger partial charge in [0.2, 0.25) is 15.9 Å². The first-order valence-corrected chi connectivity index (χ1v) is 10.3. The van der Waals surface area contributed by atoms with E-state index in [-0.39, 0.29) is 23.8 Å². The van der Waals surface area contributed by atoms with Crippen molar-refractivity contribution in [3.63, 3.8) is 0 Å². The molecule has 1 amide bonds. The molecule has 0 aliphatic rings. The summed E-state index contributed by atoms with van der Waals surface area (Å²) in [5.41, 5.74) is 2.12. The molecule has 0 fully saturated rings. The monoisotopic (exact) mass is 374 g/mol. The summed E-state index contributed by atoms with van der Waals surface area (Å²) in [6, 6.07) is 16.5. The molecule has 26 heavy (non-hydrogen) atoms. The maximum atomic E-state index is 12.3. The van der Waals surface area contributed by atoms with Crippen molar-refractivity contribution in [2.75, 3.05) is 6.54 Å². The first-order chi connectivity index (χ1) is 12.4. The van der Waals surface area contributed by atoms with Gasteiger partial charge >= 0.3 is 0 Å². The molecular formula is C20H26N2O3S. The lowest BCUT2D eigenvalue weighted by Crippen LogP contribution is -2.30. The van der Waals surface area contributed by atoms with Crippen LogP contribution in [-0.2, 0) is 21.4 Å². The molecule has 0 saturated heterocycles. The SMILES string of the molecule is CCC(C)c1ccc(S(=O)(=O)NCCC(=O)NCc2ccccc2)cc1. The molecule has 0 aromatic heterocycles. The number of hydrogen-bond acceptors (Lipinski definition) is 3. The van der Waals surface area contributed by atoms with Gasteiger partial charge in [-0.05, 0) is 35.6 Å². The smallest absolute Gasteiger partial charge is 0.240 e. The van der Waals surface area contributed by atoms with E-state index < -0.39 is 10.0 Å². The molecule has 2 aromatic rings. The van der Waals surface area contributed by atoms with E-state index in [4.69, 9.17) is 0 Å². The Bertz CT molecular complexity index is 803. The number of hydrogen-bond donors (Lipinski definition) is 2. The van der Waals surface area contributed by atoms with E-state index in [1.807, 2.05) is 42.5 Å². The molecule has 2 aromatic carbocycles. The third kappa shape index (κ3) is 5.97. The molecular weight excluding hydrogens is 348 g/mol. The number of amides is 1. The Morgan fingerprint density at radius 1 is 1.04 bits per heavy atom. The summed E-state index contributed by atoms with van der Waals surface area (Å²) >= 11 is 0. The van der Waals surface area contributed by atoms with Gasteiger partial charge in [0.05, 0.1) is 4.90 Å². The zero-order chi connectivity index (χ0) is 19.0. The molecule has 0 saturated carbocycles. The molecule has 2 N–H and O–H groups in total. The van der Waals surface area contributed by atoms with Gasteiger partial charge in [-0.25, -0.2) is 13.1 Å². The van der Waals surface area contributed by atoms with Crippen LogP contribution in [-0.4, -0.2) is 20.9 Å². The van der Waals surface area contributed by atoms with Crippen LogP contribution in [0, 0.1) is 0 Å². The van der Waals surface area contributed by atoms with Crippen LogP contribution in [0.5, 0.6) is 0 Å². The van der Waals surface area contributed by atoms with Crippen LogP contribution in [0.25, 0.3) is 0 Å². The second-order valence-electron chi connectivity index (χ2n) is 6.29. The summed E-state index contributed by atoms with van der Waals surface area (Å²) in [5.74, 6) is 0.205. The molecule has 140 valence electrons. The fourth-order valence-corrected chi connectivity index (χ4v) is 3.51. The normalized spacial score (nSPS) is 12.5. The zero-order valence-corrected chi connectivity index (χ0v) is 16.1. The lowest BCUT2D eigenvalue weighted by Gasteiger charge is -2.11. The predicted molar refractivity (Wildman–Crippen MR) is 103 cm³/mol. The molecule has 0 heterocycles. The minimum absolute atomic E-state index is 0.0655. The van der Waals surface area contributed by atoms with Gasteiger partial charge in [-0.1, -0.05) is 56.3 Å². The first-order valence-electron chi connectivity index (χ1n) is 8.82. The maximum absolute atomic E-state index is 12.3. The number of rotatable bonds is 9. The Balaban J connectivity index is 1.81. The van der Waals surface area contributed by atoms with E-state index in [2.05, 4.69) is 23.9 Å². The summed E-state index contributed by atoms with van der Waals surface area (Å²) in [7, 11) is -3.60. The number of benzene rings is 2. The van der Waals surface area contributed by atoms with Crippen molar-refractivity contribution in [1.29, 1.82) is 0 Å². The Labute approximate surface area is 155 Å². The van der Waals surface area contributed by atoms with Crippen LogP contribution >= 0.6 is 0 Å². The molecule has 5 nitrogen and oxygen atoms in total. The van der Waals surface area contributed by atoms with E-state index in [0.29, 0.717) is 12.5 Å². The van der Waals surface area contributed by atoms with Crippen molar-refractivity contribution in [3.05, 3.63) is 65.7 Å². The summed E-state index contributed by atoms with van der Waals surface area (Å²) in [6.07, 6.45) is 1.10. The zero-order valence-electron chi connectivity index (χ0n) is 15.2. The topological polar surface area (TPSA) is 75.3 Å². The fourth-order valence-electron chi connectivity index (χ4n) is 2.48. The number of carbonyl (C=O) groups excluding carboxylic acids is 1. The van der Waals surface area contributed by atoms with Gasteiger partial charge in [0, 0.05) is 19.5 Å². The average Bonchev–Trinajstić information content (AvgIpc) is 2.66. The molecule has 2 rings (SSSR count). The molecule has 0 spiro atoms. The van der Waals surface area contributed by atoms with Gasteiger partial charge in [-0.15, -0.1) is 0 Å². The first kappa shape index (κ1) is 20.1. The molecule has 6 heteroatoms. The van der Waals surface area contributed by atoms with Crippen LogP contribution in [0.3, 0.4) is 0 Å². The Hall–Kier alpha value is -2.18. The van der Waals surface area contributed by atoms with Crippen molar-refractivity contribution in [3.8, 4) is 0 Å². The highest BCUT2D eigenvalue weighted by Gasteiger charge is 2.14. The standard InChI is InChI=1S/C20H26N2O3S/c1-3-16(2)18-9-11-19(12-10-18)26(24,25)22-14-13-20(23)21-15-17-7-5-4-6-8-17/h4-12,16,22H,3,13-15H2,1-2H3,(H,21,23). The Kier molecular flexibility index (Phi) is 7.36.